The third-order valence-corrected chi connectivity index (χ3v) is 6.70. The number of carbonyl (C=O) groups is 1. The molecule has 1 heterocycles. The molecule has 0 aliphatic rings. The Kier molecular flexibility index (Phi) is 7.00. The Morgan fingerprint density at radius 2 is 1.79 bits per heavy atom. The minimum atomic E-state index is -0.501. The van der Waals surface area contributed by atoms with Crippen molar-refractivity contribution in [2.45, 2.75) is 20.4 Å². The van der Waals surface area contributed by atoms with Gasteiger partial charge in [0, 0.05) is 49.5 Å². The smallest absolute Gasteiger partial charge is 0.266 e. The SMILES string of the molecule is Cc1ccc(NC(=O)/C(C#N)=C\c2c(C)n(Cc3ccc(Cl)cc3Cl)c3ccccc23)cc1Cl. The lowest BCUT2D eigenvalue weighted by Crippen LogP contribution is -2.13. The Hall–Kier alpha value is -3.23. The minimum Gasteiger partial charge on any atom is -0.340 e. The number of benzene rings is 3. The summed E-state index contributed by atoms with van der Waals surface area (Å²) in [6.45, 7) is 4.36. The Morgan fingerprint density at radius 3 is 2.50 bits per heavy atom. The van der Waals surface area contributed by atoms with Crippen LogP contribution in [0.4, 0.5) is 5.69 Å². The highest BCUT2D eigenvalue weighted by atomic mass is 35.5. The number of para-hydroxylation sites is 1. The molecular formula is C27H20Cl3N3O. The molecule has 1 amide bonds. The molecule has 0 saturated carbocycles. The molecule has 1 aromatic heterocycles. The standard InChI is InChI=1S/C27H20Cl3N3O/c1-16-7-10-21(13-24(16)29)32-27(34)19(14-31)11-23-17(2)33(26-6-4-3-5-22(23)26)15-18-8-9-20(28)12-25(18)30/h3-13H,15H2,1-2H3,(H,32,34)/b19-11-. The Bertz CT molecular complexity index is 1500. The van der Waals surface area contributed by atoms with Crippen molar-refractivity contribution in [3.8, 4) is 6.07 Å². The van der Waals surface area contributed by atoms with E-state index in [0.717, 1.165) is 33.3 Å². The van der Waals surface area contributed by atoms with Crippen LogP contribution in [0.15, 0.2) is 66.2 Å². The van der Waals surface area contributed by atoms with Crippen molar-refractivity contribution in [1.82, 2.24) is 4.57 Å². The zero-order valence-electron chi connectivity index (χ0n) is 18.5. The Labute approximate surface area is 213 Å². The number of fused-ring (bicyclic) bond motifs is 1. The quantitative estimate of drug-likeness (QED) is 0.221. The van der Waals surface area contributed by atoms with E-state index in [1.165, 1.54) is 0 Å². The van der Waals surface area contributed by atoms with Gasteiger partial charge in [-0.1, -0.05) is 65.1 Å². The number of nitriles is 1. The summed E-state index contributed by atoms with van der Waals surface area (Å²) in [5.74, 6) is -0.501. The third kappa shape index (κ3) is 4.83. The van der Waals surface area contributed by atoms with Gasteiger partial charge in [-0.2, -0.15) is 5.26 Å². The number of hydrogen-bond acceptors (Lipinski definition) is 2. The van der Waals surface area contributed by atoms with Gasteiger partial charge in [0.25, 0.3) is 5.91 Å². The van der Waals surface area contributed by atoms with Crippen molar-refractivity contribution in [3.63, 3.8) is 0 Å². The van der Waals surface area contributed by atoms with E-state index in [0.29, 0.717) is 27.3 Å². The number of nitrogens with one attached hydrogen (secondary N) is 1. The van der Waals surface area contributed by atoms with Crippen molar-refractivity contribution in [2.24, 2.45) is 0 Å². The summed E-state index contributed by atoms with van der Waals surface area (Å²) in [6, 6.07) is 20.5. The molecule has 0 atom stereocenters. The number of nitrogens with zero attached hydrogens (tertiary/aromatic N) is 2. The monoisotopic (exact) mass is 507 g/mol. The van der Waals surface area contributed by atoms with Gasteiger partial charge in [-0.3, -0.25) is 4.79 Å². The molecule has 34 heavy (non-hydrogen) atoms. The topological polar surface area (TPSA) is 57.8 Å². The van der Waals surface area contributed by atoms with Crippen LogP contribution in [-0.4, -0.2) is 10.5 Å². The van der Waals surface area contributed by atoms with Gasteiger partial charge < -0.3 is 9.88 Å². The van der Waals surface area contributed by atoms with E-state index in [9.17, 15) is 10.1 Å². The number of anilines is 1. The van der Waals surface area contributed by atoms with Crippen LogP contribution in [-0.2, 0) is 11.3 Å². The second-order valence-electron chi connectivity index (χ2n) is 7.93. The first-order valence-electron chi connectivity index (χ1n) is 10.5. The van der Waals surface area contributed by atoms with Crippen LogP contribution < -0.4 is 5.32 Å². The van der Waals surface area contributed by atoms with Crippen LogP contribution >= 0.6 is 34.8 Å². The van der Waals surface area contributed by atoms with Gasteiger partial charge in [0.2, 0.25) is 0 Å². The van der Waals surface area contributed by atoms with E-state index < -0.39 is 5.91 Å². The molecule has 0 aliphatic carbocycles. The highest BCUT2D eigenvalue weighted by Gasteiger charge is 2.17. The summed E-state index contributed by atoms with van der Waals surface area (Å²) in [5.41, 5.74) is 5.02. The van der Waals surface area contributed by atoms with Crippen molar-refractivity contribution in [2.75, 3.05) is 5.32 Å². The van der Waals surface area contributed by atoms with Crippen LogP contribution in [0.5, 0.6) is 0 Å². The van der Waals surface area contributed by atoms with Crippen LogP contribution in [0.1, 0.15) is 22.4 Å². The Morgan fingerprint density at radius 1 is 1.03 bits per heavy atom. The predicted octanol–water partition coefficient (Wildman–Crippen LogP) is 7.81. The van der Waals surface area contributed by atoms with Gasteiger partial charge in [0.1, 0.15) is 11.6 Å². The average Bonchev–Trinajstić information content (AvgIpc) is 3.07. The number of carbonyl (C=O) groups excluding carboxylic acids is 1. The highest BCUT2D eigenvalue weighted by Crippen LogP contribution is 2.31. The molecule has 170 valence electrons. The average molecular weight is 509 g/mol. The number of aryl methyl sites for hydroxylation is 1. The van der Waals surface area contributed by atoms with Gasteiger partial charge in [-0.25, -0.2) is 0 Å². The van der Waals surface area contributed by atoms with Crippen LogP contribution in [0, 0.1) is 25.2 Å². The lowest BCUT2D eigenvalue weighted by Gasteiger charge is -2.11. The van der Waals surface area contributed by atoms with Crippen LogP contribution in [0.2, 0.25) is 15.1 Å². The van der Waals surface area contributed by atoms with Crippen LogP contribution in [0.3, 0.4) is 0 Å². The maximum absolute atomic E-state index is 12.9. The second kappa shape index (κ2) is 9.95. The predicted molar refractivity (Wildman–Crippen MR) is 141 cm³/mol. The minimum absolute atomic E-state index is 0.00720. The number of rotatable bonds is 5. The largest absolute Gasteiger partial charge is 0.340 e. The van der Waals surface area contributed by atoms with Gasteiger partial charge in [0.05, 0.1) is 0 Å². The van der Waals surface area contributed by atoms with Crippen molar-refractivity contribution in [3.05, 3.63) is 104 Å². The molecule has 0 spiro atoms. The van der Waals surface area contributed by atoms with Crippen molar-refractivity contribution < 1.29 is 4.79 Å². The summed E-state index contributed by atoms with van der Waals surface area (Å²) >= 11 is 18.6. The van der Waals surface area contributed by atoms with E-state index in [4.69, 9.17) is 34.8 Å². The van der Waals surface area contributed by atoms with Crippen molar-refractivity contribution >= 4 is 63.4 Å². The molecule has 0 saturated heterocycles. The molecule has 0 radical (unpaired) electrons. The second-order valence-corrected chi connectivity index (χ2v) is 9.18. The molecular weight excluding hydrogens is 489 g/mol. The number of amides is 1. The summed E-state index contributed by atoms with van der Waals surface area (Å²) in [5, 5.41) is 15.1. The lowest BCUT2D eigenvalue weighted by molar-refractivity contribution is -0.112. The molecule has 4 aromatic rings. The zero-order valence-corrected chi connectivity index (χ0v) is 20.8. The van der Waals surface area contributed by atoms with Crippen LogP contribution in [0.25, 0.3) is 17.0 Å². The molecule has 4 nitrogen and oxygen atoms in total. The third-order valence-electron chi connectivity index (χ3n) is 5.71. The van der Waals surface area contributed by atoms with E-state index in [-0.39, 0.29) is 5.57 Å². The molecule has 0 bridgehead atoms. The van der Waals surface area contributed by atoms with E-state index in [1.54, 1.807) is 30.3 Å². The lowest BCUT2D eigenvalue weighted by atomic mass is 10.1. The first-order chi connectivity index (χ1) is 16.3. The molecule has 4 rings (SSSR count). The number of aromatic nitrogens is 1. The molecule has 0 unspecified atom stereocenters. The summed E-state index contributed by atoms with van der Waals surface area (Å²) < 4.78 is 2.11. The fourth-order valence-corrected chi connectivity index (χ4v) is 4.47. The molecule has 0 fully saturated rings. The van der Waals surface area contributed by atoms with Gasteiger partial charge in [0.15, 0.2) is 0 Å². The maximum atomic E-state index is 12.9. The molecule has 7 heteroatoms. The maximum Gasteiger partial charge on any atom is 0.266 e. The summed E-state index contributed by atoms with van der Waals surface area (Å²) in [6.07, 6.45) is 1.63. The fraction of sp³-hybridized carbons (Fsp3) is 0.111. The Balaban J connectivity index is 1.74. The first-order valence-corrected chi connectivity index (χ1v) is 11.6. The van der Waals surface area contributed by atoms with Crippen molar-refractivity contribution in [1.29, 1.82) is 5.26 Å². The first kappa shape index (κ1) is 23.9. The zero-order chi connectivity index (χ0) is 24.4. The van der Waals surface area contributed by atoms with Gasteiger partial charge in [-0.15, -0.1) is 0 Å². The van der Waals surface area contributed by atoms with Gasteiger partial charge >= 0.3 is 0 Å². The van der Waals surface area contributed by atoms with Gasteiger partial charge in [-0.05, 0) is 61.4 Å². The normalized spacial score (nSPS) is 11.5. The van der Waals surface area contributed by atoms with E-state index in [1.807, 2.05) is 56.3 Å². The molecule has 3 aromatic carbocycles. The van der Waals surface area contributed by atoms with E-state index >= 15 is 0 Å². The fourth-order valence-electron chi connectivity index (χ4n) is 3.83. The molecule has 0 aliphatic heterocycles. The van der Waals surface area contributed by atoms with E-state index in [2.05, 4.69) is 9.88 Å². The summed E-state index contributed by atoms with van der Waals surface area (Å²) in [4.78, 5) is 12.9. The number of halogens is 3. The number of hydrogen-bond donors (Lipinski definition) is 1. The summed E-state index contributed by atoms with van der Waals surface area (Å²) in [7, 11) is 0. The molecule has 1 N–H and O–H groups in total. The highest BCUT2D eigenvalue weighted by molar-refractivity contribution is 6.35.